The van der Waals surface area contributed by atoms with E-state index in [0.717, 1.165) is 23.5 Å². The van der Waals surface area contributed by atoms with E-state index in [9.17, 15) is 4.79 Å². The van der Waals surface area contributed by atoms with Crippen LogP contribution in [0.3, 0.4) is 0 Å². The Hall–Kier alpha value is -1.81. The van der Waals surface area contributed by atoms with E-state index < -0.39 is 0 Å². The van der Waals surface area contributed by atoms with Crippen LogP contribution in [-0.2, 0) is 11.3 Å². The first-order chi connectivity index (χ1) is 8.65. The molecule has 0 bridgehead atoms. The van der Waals surface area contributed by atoms with E-state index >= 15 is 0 Å². The molecule has 2 N–H and O–H groups in total. The summed E-state index contributed by atoms with van der Waals surface area (Å²) in [6.45, 7) is 4.33. The van der Waals surface area contributed by atoms with Crippen LogP contribution in [0.25, 0.3) is 0 Å². The predicted octanol–water partition coefficient (Wildman–Crippen LogP) is 3.63. The molecule has 1 aromatic carbocycles. The SMILES string of the molecule is CC(=O)Nc1ccc(NCc2cccs2)cc1C. The number of aryl methyl sites for hydroxylation is 1. The zero-order valence-electron chi connectivity index (χ0n) is 10.5. The molecule has 2 rings (SSSR count). The Kier molecular flexibility index (Phi) is 3.99. The molecule has 0 aliphatic heterocycles. The van der Waals surface area contributed by atoms with Gasteiger partial charge >= 0.3 is 0 Å². The first kappa shape index (κ1) is 12.6. The van der Waals surface area contributed by atoms with Crippen molar-refractivity contribution in [1.29, 1.82) is 0 Å². The Labute approximate surface area is 111 Å². The van der Waals surface area contributed by atoms with Crippen molar-refractivity contribution < 1.29 is 4.79 Å². The van der Waals surface area contributed by atoms with Crippen LogP contribution < -0.4 is 10.6 Å². The van der Waals surface area contributed by atoms with E-state index in [4.69, 9.17) is 0 Å². The highest BCUT2D eigenvalue weighted by Crippen LogP contribution is 2.20. The van der Waals surface area contributed by atoms with Gasteiger partial charge in [-0.1, -0.05) is 6.07 Å². The van der Waals surface area contributed by atoms with Gasteiger partial charge in [0.05, 0.1) is 0 Å². The molecule has 0 saturated heterocycles. The first-order valence-corrected chi connectivity index (χ1v) is 6.67. The molecular formula is C14H16N2OS. The Morgan fingerprint density at radius 1 is 1.33 bits per heavy atom. The Balaban J connectivity index is 2.02. The van der Waals surface area contributed by atoms with Crippen LogP contribution in [0.1, 0.15) is 17.4 Å². The number of carbonyl (C=O) groups excluding carboxylic acids is 1. The molecule has 18 heavy (non-hydrogen) atoms. The number of hydrogen-bond donors (Lipinski definition) is 2. The fraction of sp³-hybridized carbons (Fsp3) is 0.214. The van der Waals surface area contributed by atoms with E-state index in [1.165, 1.54) is 11.8 Å². The zero-order chi connectivity index (χ0) is 13.0. The second-order valence-corrected chi connectivity index (χ2v) is 5.18. The van der Waals surface area contributed by atoms with Crippen LogP contribution in [0.5, 0.6) is 0 Å². The molecule has 0 atom stereocenters. The van der Waals surface area contributed by atoms with Gasteiger partial charge in [0.1, 0.15) is 0 Å². The zero-order valence-corrected chi connectivity index (χ0v) is 11.3. The van der Waals surface area contributed by atoms with Gasteiger partial charge in [-0.05, 0) is 42.1 Å². The van der Waals surface area contributed by atoms with Crippen LogP contribution in [0.15, 0.2) is 35.7 Å². The Morgan fingerprint density at radius 2 is 2.17 bits per heavy atom. The maximum Gasteiger partial charge on any atom is 0.221 e. The van der Waals surface area contributed by atoms with Gasteiger partial charge in [0.2, 0.25) is 5.91 Å². The minimum Gasteiger partial charge on any atom is -0.380 e. The van der Waals surface area contributed by atoms with E-state index in [1.54, 1.807) is 11.3 Å². The molecule has 0 aliphatic carbocycles. The third kappa shape index (κ3) is 3.34. The van der Waals surface area contributed by atoms with Crippen LogP contribution >= 0.6 is 11.3 Å². The van der Waals surface area contributed by atoms with Gasteiger partial charge in [-0.2, -0.15) is 0 Å². The van der Waals surface area contributed by atoms with Crippen LogP contribution in [0, 0.1) is 6.92 Å². The van der Waals surface area contributed by atoms with Crippen molar-refractivity contribution in [3.8, 4) is 0 Å². The average molecular weight is 260 g/mol. The molecule has 4 heteroatoms. The molecule has 0 aliphatic rings. The molecule has 0 saturated carbocycles. The number of thiophene rings is 1. The molecule has 3 nitrogen and oxygen atoms in total. The number of hydrogen-bond acceptors (Lipinski definition) is 3. The molecule has 0 fully saturated rings. The maximum atomic E-state index is 11.0. The highest BCUT2D eigenvalue weighted by atomic mass is 32.1. The number of amides is 1. The van der Waals surface area contributed by atoms with Gasteiger partial charge in [0.25, 0.3) is 0 Å². The largest absolute Gasteiger partial charge is 0.380 e. The van der Waals surface area contributed by atoms with Gasteiger partial charge in [0, 0.05) is 29.7 Å². The second-order valence-electron chi connectivity index (χ2n) is 4.14. The van der Waals surface area contributed by atoms with Crippen molar-refractivity contribution in [2.24, 2.45) is 0 Å². The summed E-state index contributed by atoms with van der Waals surface area (Å²) in [5.74, 6) is -0.0441. The summed E-state index contributed by atoms with van der Waals surface area (Å²) in [6.07, 6.45) is 0. The minimum atomic E-state index is -0.0441. The molecule has 1 amide bonds. The van der Waals surface area contributed by atoms with Gasteiger partial charge in [-0.3, -0.25) is 4.79 Å². The highest BCUT2D eigenvalue weighted by molar-refractivity contribution is 7.09. The molecule has 1 aromatic heterocycles. The molecule has 0 spiro atoms. The summed E-state index contributed by atoms with van der Waals surface area (Å²) in [5, 5.41) is 8.24. The Morgan fingerprint density at radius 3 is 2.78 bits per heavy atom. The number of nitrogens with one attached hydrogen (secondary N) is 2. The molecule has 2 aromatic rings. The third-order valence-corrected chi connectivity index (χ3v) is 3.46. The first-order valence-electron chi connectivity index (χ1n) is 5.79. The summed E-state index contributed by atoms with van der Waals surface area (Å²) in [7, 11) is 0. The monoisotopic (exact) mass is 260 g/mol. The predicted molar refractivity (Wildman–Crippen MR) is 77.1 cm³/mol. The lowest BCUT2D eigenvalue weighted by Gasteiger charge is -2.10. The summed E-state index contributed by atoms with van der Waals surface area (Å²) in [5.41, 5.74) is 2.99. The van der Waals surface area contributed by atoms with Crippen molar-refractivity contribution in [1.82, 2.24) is 0 Å². The number of rotatable bonds is 4. The van der Waals surface area contributed by atoms with Gasteiger partial charge < -0.3 is 10.6 Å². The summed E-state index contributed by atoms with van der Waals surface area (Å²) >= 11 is 1.74. The molecule has 0 unspecified atom stereocenters. The van der Waals surface area contributed by atoms with Crippen LogP contribution in [0.2, 0.25) is 0 Å². The molecule has 1 heterocycles. The fourth-order valence-corrected chi connectivity index (χ4v) is 2.35. The number of benzene rings is 1. The van der Waals surface area contributed by atoms with Crippen molar-refractivity contribution in [2.75, 3.05) is 10.6 Å². The van der Waals surface area contributed by atoms with Gasteiger partial charge in [0.15, 0.2) is 0 Å². The topological polar surface area (TPSA) is 41.1 Å². The van der Waals surface area contributed by atoms with Crippen molar-refractivity contribution in [2.45, 2.75) is 20.4 Å². The summed E-state index contributed by atoms with van der Waals surface area (Å²) in [6, 6.07) is 10.1. The second kappa shape index (κ2) is 5.69. The quantitative estimate of drug-likeness (QED) is 0.881. The summed E-state index contributed by atoms with van der Waals surface area (Å²) < 4.78 is 0. The normalized spacial score (nSPS) is 10.1. The van der Waals surface area contributed by atoms with Crippen LogP contribution in [-0.4, -0.2) is 5.91 Å². The van der Waals surface area contributed by atoms with E-state index in [1.807, 2.05) is 31.2 Å². The number of carbonyl (C=O) groups is 1. The molecule has 0 radical (unpaired) electrons. The smallest absolute Gasteiger partial charge is 0.221 e. The number of anilines is 2. The van der Waals surface area contributed by atoms with Crippen molar-refractivity contribution in [3.63, 3.8) is 0 Å². The Bertz CT molecular complexity index is 535. The maximum absolute atomic E-state index is 11.0. The standard InChI is InChI=1S/C14H16N2OS/c1-10-8-12(5-6-14(10)16-11(2)17)15-9-13-4-3-7-18-13/h3-8,15H,9H2,1-2H3,(H,16,17). The van der Waals surface area contributed by atoms with E-state index in [2.05, 4.69) is 22.1 Å². The van der Waals surface area contributed by atoms with Crippen molar-refractivity contribution >= 4 is 28.6 Å². The fourth-order valence-electron chi connectivity index (χ4n) is 1.71. The minimum absolute atomic E-state index is 0.0441. The van der Waals surface area contributed by atoms with Crippen LogP contribution in [0.4, 0.5) is 11.4 Å². The van der Waals surface area contributed by atoms with Gasteiger partial charge in [-0.15, -0.1) is 11.3 Å². The van der Waals surface area contributed by atoms with Gasteiger partial charge in [-0.25, -0.2) is 0 Å². The lowest BCUT2D eigenvalue weighted by molar-refractivity contribution is -0.114. The highest BCUT2D eigenvalue weighted by Gasteiger charge is 2.02. The average Bonchev–Trinajstić information content (AvgIpc) is 2.82. The lowest BCUT2D eigenvalue weighted by atomic mass is 10.1. The lowest BCUT2D eigenvalue weighted by Crippen LogP contribution is -2.07. The molecular weight excluding hydrogens is 244 g/mol. The third-order valence-electron chi connectivity index (χ3n) is 2.58. The van der Waals surface area contributed by atoms with Crippen molar-refractivity contribution in [3.05, 3.63) is 46.2 Å². The van der Waals surface area contributed by atoms with E-state index in [0.29, 0.717) is 0 Å². The summed E-state index contributed by atoms with van der Waals surface area (Å²) in [4.78, 5) is 12.3. The molecule has 94 valence electrons. The van der Waals surface area contributed by atoms with E-state index in [-0.39, 0.29) is 5.91 Å².